The van der Waals surface area contributed by atoms with E-state index >= 15 is 4.57 Å². The van der Waals surface area contributed by atoms with Crippen molar-refractivity contribution in [2.24, 2.45) is 0 Å². The first kappa shape index (κ1) is 26.6. The minimum absolute atomic E-state index is 0.214. The standard InChI is InChI=1S/C34H31O4P/c1-4-23-15-17-25-11-7-9-13-29(25)31(23)33(35)39(37,28-21-19-27(20-22-28)38-6-3)34(36)32-24(5-2)16-18-26-12-8-10-14-30(26)32/h7-22H,4-6H2,1-3H3. The molecule has 0 bridgehead atoms. The zero-order valence-corrected chi connectivity index (χ0v) is 23.3. The highest BCUT2D eigenvalue weighted by molar-refractivity contribution is 8.01. The maximum atomic E-state index is 15.4. The molecule has 0 atom stereocenters. The zero-order chi connectivity index (χ0) is 27.6. The average molecular weight is 535 g/mol. The first-order valence-corrected chi connectivity index (χ1v) is 15.1. The third-order valence-corrected chi connectivity index (χ3v) is 9.92. The van der Waals surface area contributed by atoms with Gasteiger partial charge in [-0.3, -0.25) is 9.59 Å². The monoisotopic (exact) mass is 534 g/mol. The first-order valence-electron chi connectivity index (χ1n) is 13.4. The Bertz CT molecular complexity index is 1650. The fraction of sp³-hybridized carbons (Fsp3) is 0.176. The largest absolute Gasteiger partial charge is 0.494 e. The van der Waals surface area contributed by atoms with Crippen molar-refractivity contribution in [2.45, 2.75) is 33.6 Å². The number of hydrogen-bond acceptors (Lipinski definition) is 4. The number of hydrogen-bond donors (Lipinski definition) is 0. The van der Waals surface area contributed by atoms with Crippen molar-refractivity contribution in [1.29, 1.82) is 0 Å². The van der Waals surface area contributed by atoms with Crippen molar-refractivity contribution in [3.63, 3.8) is 0 Å². The van der Waals surface area contributed by atoms with Crippen LogP contribution in [-0.2, 0) is 17.4 Å². The van der Waals surface area contributed by atoms with Gasteiger partial charge in [0.1, 0.15) is 5.75 Å². The second kappa shape index (κ2) is 11.0. The van der Waals surface area contributed by atoms with Gasteiger partial charge < -0.3 is 9.30 Å². The van der Waals surface area contributed by atoms with E-state index in [-0.39, 0.29) is 5.30 Å². The van der Waals surface area contributed by atoms with E-state index in [1.807, 2.05) is 93.6 Å². The molecular weight excluding hydrogens is 503 g/mol. The molecule has 5 aromatic carbocycles. The van der Waals surface area contributed by atoms with E-state index in [9.17, 15) is 9.59 Å². The molecule has 0 aliphatic heterocycles. The van der Waals surface area contributed by atoms with Gasteiger partial charge in [-0.05, 0) is 76.7 Å². The van der Waals surface area contributed by atoms with Crippen LogP contribution in [0.1, 0.15) is 52.6 Å². The summed E-state index contributed by atoms with van der Waals surface area (Å²) in [6.45, 7) is 6.28. The van der Waals surface area contributed by atoms with Gasteiger partial charge in [-0.1, -0.05) is 86.6 Å². The van der Waals surface area contributed by atoms with E-state index in [0.29, 0.717) is 47.1 Å². The summed E-state index contributed by atoms with van der Waals surface area (Å²) in [7, 11) is -4.36. The van der Waals surface area contributed by atoms with Gasteiger partial charge >= 0.3 is 0 Å². The van der Waals surface area contributed by atoms with Crippen LogP contribution in [0.4, 0.5) is 0 Å². The highest BCUT2D eigenvalue weighted by Crippen LogP contribution is 2.53. The molecular formula is C34H31O4P. The summed E-state index contributed by atoms with van der Waals surface area (Å²) in [5.41, 5.74) is 1.01. The molecule has 39 heavy (non-hydrogen) atoms. The summed E-state index contributed by atoms with van der Waals surface area (Å²) < 4.78 is 21.0. The Labute approximate surface area is 229 Å². The van der Waals surface area contributed by atoms with Crippen molar-refractivity contribution >= 4 is 45.0 Å². The molecule has 0 fully saturated rings. The number of ether oxygens (including phenoxy) is 1. The molecule has 0 aliphatic carbocycles. The van der Waals surface area contributed by atoms with Gasteiger partial charge in [0, 0.05) is 16.4 Å². The molecule has 0 aromatic heterocycles. The Hall–Kier alpha value is -4.01. The van der Waals surface area contributed by atoms with Crippen molar-refractivity contribution in [2.75, 3.05) is 6.61 Å². The highest BCUT2D eigenvalue weighted by atomic mass is 31.2. The molecule has 0 N–H and O–H groups in total. The predicted molar refractivity (Wildman–Crippen MR) is 160 cm³/mol. The van der Waals surface area contributed by atoms with Crippen LogP contribution in [0, 0.1) is 0 Å². The highest BCUT2D eigenvalue weighted by Gasteiger charge is 2.45. The second-order valence-electron chi connectivity index (χ2n) is 9.50. The summed E-state index contributed by atoms with van der Waals surface area (Å²) in [4.78, 5) is 29.4. The fourth-order valence-electron chi connectivity index (χ4n) is 5.29. The van der Waals surface area contributed by atoms with E-state index in [1.165, 1.54) is 0 Å². The molecule has 0 unspecified atom stereocenters. The molecule has 0 aliphatic rings. The maximum Gasteiger partial charge on any atom is 0.248 e. The van der Waals surface area contributed by atoms with Crippen molar-refractivity contribution in [1.82, 2.24) is 0 Å². The number of benzene rings is 5. The molecule has 4 nitrogen and oxygen atoms in total. The smallest absolute Gasteiger partial charge is 0.248 e. The number of aryl methyl sites for hydroxylation is 2. The lowest BCUT2D eigenvalue weighted by Gasteiger charge is -2.22. The third-order valence-electron chi connectivity index (χ3n) is 7.30. The molecule has 0 spiro atoms. The van der Waals surface area contributed by atoms with E-state index in [4.69, 9.17) is 4.74 Å². The molecule has 0 saturated carbocycles. The summed E-state index contributed by atoms with van der Waals surface area (Å²) in [5.74, 6) is 0.589. The maximum absolute atomic E-state index is 15.4. The first-order chi connectivity index (χ1) is 18.9. The lowest BCUT2D eigenvalue weighted by Crippen LogP contribution is -2.22. The van der Waals surface area contributed by atoms with Crippen LogP contribution in [0.25, 0.3) is 21.5 Å². The van der Waals surface area contributed by atoms with Crippen LogP contribution in [0.15, 0.2) is 97.1 Å². The number of rotatable bonds is 9. The number of carbonyl (C=O) groups is 2. The second-order valence-corrected chi connectivity index (χ2v) is 12.0. The van der Waals surface area contributed by atoms with E-state index in [1.54, 1.807) is 24.3 Å². The Morgan fingerprint density at radius 2 is 1.08 bits per heavy atom. The van der Waals surface area contributed by atoms with Crippen LogP contribution in [-0.4, -0.2) is 17.7 Å². The zero-order valence-electron chi connectivity index (χ0n) is 22.4. The molecule has 0 amide bonds. The molecule has 0 heterocycles. The van der Waals surface area contributed by atoms with Crippen LogP contribution < -0.4 is 10.0 Å². The Kier molecular flexibility index (Phi) is 7.50. The van der Waals surface area contributed by atoms with Crippen LogP contribution >= 0.6 is 7.14 Å². The Balaban J connectivity index is 1.82. The molecule has 5 heteroatoms. The summed E-state index contributed by atoms with van der Waals surface area (Å²) in [6.07, 6.45) is 1.13. The van der Waals surface area contributed by atoms with Crippen molar-refractivity contribution in [3.8, 4) is 5.75 Å². The molecule has 5 aromatic rings. The number of fused-ring (bicyclic) bond motifs is 2. The predicted octanol–water partition coefficient (Wildman–Crippen LogP) is 8.19. The van der Waals surface area contributed by atoms with E-state index < -0.39 is 18.2 Å². The van der Waals surface area contributed by atoms with Gasteiger partial charge in [0.25, 0.3) is 0 Å². The van der Waals surface area contributed by atoms with E-state index in [0.717, 1.165) is 21.9 Å². The summed E-state index contributed by atoms with van der Waals surface area (Å²) in [5, 5.41) is 3.35. The minimum Gasteiger partial charge on any atom is -0.494 e. The van der Waals surface area contributed by atoms with Gasteiger partial charge in [-0.25, -0.2) is 0 Å². The average Bonchev–Trinajstić information content (AvgIpc) is 2.99. The van der Waals surface area contributed by atoms with Crippen LogP contribution in [0.2, 0.25) is 0 Å². The van der Waals surface area contributed by atoms with Crippen LogP contribution in [0.5, 0.6) is 5.75 Å². The fourth-order valence-corrected chi connectivity index (χ4v) is 7.67. The van der Waals surface area contributed by atoms with Crippen molar-refractivity contribution < 1.29 is 18.9 Å². The quantitative estimate of drug-likeness (QED) is 0.179. The molecule has 5 rings (SSSR count). The SMILES string of the molecule is CCOc1ccc(P(=O)(C(=O)c2c(CC)ccc3ccccc23)C(=O)c2c(CC)ccc3ccccc23)cc1. The minimum atomic E-state index is -4.36. The van der Waals surface area contributed by atoms with Gasteiger partial charge in [-0.15, -0.1) is 0 Å². The molecule has 196 valence electrons. The third kappa shape index (κ3) is 4.60. The van der Waals surface area contributed by atoms with Crippen LogP contribution in [0.3, 0.4) is 0 Å². The molecule has 0 radical (unpaired) electrons. The molecule has 0 saturated heterocycles. The van der Waals surface area contributed by atoms with E-state index in [2.05, 4.69) is 0 Å². The topological polar surface area (TPSA) is 60.4 Å². The van der Waals surface area contributed by atoms with Gasteiger partial charge in [0.15, 0.2) is 0 Å². The lowest BCUT2D eigenvalue weighted by molar-refractivity contribution is 0.104. The van der Waals surface area contributed by atoms with Gasteiger partial charge in [0.2, 0.25) is 18.2 Å². The normalized spacial score (nSPS) is 11.6. The van der Waals surface area contributed by atoms with Gasteiger partial charge in [-0.2, -0.15) is 0 Å². The summed E-state index contributed by atoms with van der Waals surface area (Å²) in [6, 6.07) is 29.4. The van der Waals surface area contributed by atoms with Gasteiger partial charge in [0.05, 0.1) is 6.61 Å². The summed E-state index contributed by atoms with van der Waals surface area (Å²) >= 11 is 0. The lowest BCUT2D eigenvalue weighted by atomic mass is 9.98. The number of carbonyl (C=O) groups excluding carboxylic acids is 2. The Morgan fingerprint density at radius 1 is 0.615 bits per heavy atom. The Morgan fingerprint density at radius 3 is 1.51 bits per heavy atom. The van der Waals surface area contributed by atoms with Crippen molar-refractivity contribution in [3.05, 3.63) is 119 Å².